The van der Waals surface area contributed by atoms with Crippen molar-refractivity contribution in [1.29, 1.82) is 0 Å². The number of allylic oxidation sites excluding steroid dienone is 1. The van der Waals surface area contributed by atoms with Crippen LogP contribution in [0.4, 0.5) is 13.2 Å². The molecule has 2 heterocycles. The van der Waals surface area contributed by atoms with Crippen molar-refractivity contribution >= 4 is 17.2 Å². The Morgan fingerprint density at radius 3 is 2.75 bits per heavy atom. The standard InChI is InChI=1S/C9H6F3NO2S/c10-9(11,12)7-5(8(13)14)6-4(16-7)2-1-3-15-6/h1,3H,2H2,(H2,13,14). The van der Waals surface area contributed by atoms with Gasteiger partial charge in [0, 0.05) is 6.42 Å². The molecule has 0 radical (unpaired) electrons. The van der Waals surface area contributed by atoms with E-state index in [9.17, 15) is 18.0 Å². The highest BCUT2D eigenvalue weighted by Crippen LogP contribution is 2.45. The zero-order chi connectivity index (χ0) is 11.9. The summed E-state index contributed by atoms with van der Waals surface area (Å²) in [5, 5.41) is 0. The van der Waals surface area contributed by atoms with Gasteiger partial charge in [0.15, 0.2) is 5.75 Å². The molecule has 2 N–H and O–H groups in total. The summed E-state index contributed by atoms with van der Waals surface area (Å²) in [5.74, 6) is -1.19. The van der Waals surface area contributed by atoms with Gasteiger partial charge in [-0.25, -0.2) is 0 Å². The van der Waals surface area contributed by atoms with Crippen molar-refractivity contribution < 1.29 is 22.7 Å². The Hall–Kier alpha value is -1.50. The summed E-state index contributed by atoms with van der Waals surface area (Å²) < 4.78 is 42.8. The Morgan fingerprint density at radius 1 is 1.50 bits per heavy atom. The molecule has 1 aromatic rings. The summed E-state index contributed by atoms with van der Waals surface area (Å²) in [6.07, 6.45) is -1.45. The van der Waals surface area contributed by atoms with Gasteiger partial charge in [-0.3, -0.25) is 4.79 Å². The SMILES string of the molecule is NC(=O)c1c(C(F)(F)F)sc2c1OC=CC2. The predicted octanol–water partition coefficient (Wildman–Crippen LogP) is 2.31. The molecule has 0 spiro atoms. The molecule has 7 heteroatoms. The van der Waals surface area contributed by atoms with Crippen LogP contribution in [0.25, 0.3) is 0 Å². The second-order valence-electron chi connectivity index (χ2n) is 3.11. The number of halogens is 3. The second kappa shape index (κ2) is 3.51. The van der Waals surface area contributed by atoms with E-state index < -0.39 is 22.5 Å². The average molecular weight is 249 g/mol. The van der Waals surface area contributed by atoms with Crippen LogP contribution in [0, 0.1) is 0 Å². The van der Waals surface area contributed by atoms with Crippen LogP contribution in [0.5, 0.6) is 5.75 Å². The van der Waals surface area contributed by atoms with Crippen molar-refractivity contribution in [3.05, 3.63) is 27.7 Å². The molecular weight excluding hydrogens is 243 g/mol. The first-order valence-electron chi connectivity index (χ1n) is 4.25. The van der Waals surface area contributed by atoms with Crippen LogP contribution >= 0.6 is 11.3 Å². The van der Waals surface area contributed by atoms with Gasteiger partial charge in [0.25, 0.3) is 5.91 Å². The Bertz CT molecular complexity index is 476. The van der Waals surface area contributed by atoms with Crippen LogP contribution in [0.3, 0.4) is 0 Å². The van der Waals surface area contributed by atoms with Crippen LogP contribution in [-0.2, 0) is 12.6 Å². The van der Waals surface area contributed by atoms with E-state index in [0.717, 1.165) is 0 Å². The first-order chi connectivity index (χ1) is 7.41. The molecule has 16 heavy (non-hydrogen) atoms. The molecule has 0 aromatic carbocycles. The van der Waals surface area contributed by atoms with E-state index in [-0.39, 0.29) is 5.75 Å². The van der Waals surface area contributed by atoms with Crippen LogP contribution < -0.4 is 10.5 Å². The van der Waals surface area contributed by atoms with Crippen molar-refractivity contribution in [3.8, 4) is 5.75 Å². The lowest BCUT2D eigenvalue weighted by Crippen LogP contribution is -2.17. The van der Waals surface area contributed by atoms with Crippen molar-refractivity contribution in [2.75, 3.05) is 0 Å². The Balaban J connectivity index is 2.63. The minimum Gasteiger partial charge on any atom is -0.463 e. The molecule has 0 unspecified atom stereocenters. The quantitative estimate of drug-likeness (QED) is 0.830. The fourth-order valence-electron chi connectivity index (χ4n) is 1.42. The normalized spacial score (nSPS) is 14.4. The number of alkyl halides is 3. The van der Waals surface area contributed by atoms with Gasteiger partial charge >= 0.3 is 6.18 Å². The molecule has 0 saturated heterocycles. The maximum atomic E-state index is 12.6. The van der Waals surface area contributed by atoms with Crippen LogP contribution in [0.1, 0.15) is 20.1 Å². The molecule has 1 aliphatic heterocycles. The lowest BCUT2D eigenvalue weighted by Gasteiger charge is -2.08. The number of amides is 1. The van der Waals surface area contributed by atoms with Crippen LogP contribution in [0.15, 0.2) is 12.3 Å². The van der Waals surface area contributed by atoms with Gasteiger partial charge in [-0.2, -0.15) is 13.2 Å². The lowest BCUT2D eigenvalue weighted by molar-refractivity contribution is -0.134. The summed E-state index contributed by atoms with van der Waals surface area (Å²) in [5.41, 5.74) is 4.37. The van der Waals surface area contributed by atoms with Crippen LogP contribution in [-0.4, -0.2) is 5.91 Å². The minimum absolute atomic E-state index is 0.0627. The van der Waals surface area contributed by atoms with E-state index in [2.05, 4.69) is 0 Å². The predicted molar refractivity (Wildman–Crippen MR) is 51.3 cm³/mol. The molecule has 0 saturated carbocycles. The van der Waals surface area contributed by atoms with E-state index >= 15 is 0 Å². The van der Waals surface area contributed by atoms with Gasteiger partial charge in [0.2, 0.25) is 0 Å². The summed E-state index contributed by atoms with van der Waals surface area (Å²) >= 11 is 0.495. The second-order valence-corrected chi connectivity index (χ2v) is 4.22. The third-order valence-corrected chi connectivity index (χ3v) is 3.26. The highest BCUT2D eigenvalue weighted by molar-refractivity contribution is 7.13. The number of ether oxygens (including phenoxy) is 1. The lowest BCUT2D eigenvalue weighted by atomic mass is 10.1. The van der Waals surface area contributed by atoms with Gasteiger partial charge in [0.05, 0.1) is 11.1 Å². The minimum atomic E-state index is -4.59. The average Bonchev–Trinajstić information content (AvgIpc) is 2.55. The van der Waals surface area contributed by atoms with E-state index in [1.54, 1.807) is 6.08 Å². The maximum absolute atomic E-state index is 12.6. The van der Waals surface area contributed by atoms with Crippen molar-refractivity contribution in [3.63, 3.8) is 0 Å². The number of rotatable bonds is 1. The highest BCUT2D eigenvalue weighted by atomic mass is 32.1. The number of carbonyl (C=O) groups is 1. The summed E-state index contributed by atoms with van der Waals surface area (Å²) in [6, 6.07) is 0. The molecule has 1 aromatic heterocycles. The summed E-state index contributed by atoms with van der Waals surface area (Å²) in [4.78, 5) is 10.4. The van der Waals surface area contributed by atoms with Gasteiger partial charge in [-0.15, -0.1) is 11.3 Å². The molecule has 0 atom stereocenters. The molecule has 1 amide bonds. The number of primary amides is 1. The molecular formula is C9H6F3NO2S. The number of hydrogen-bond acceptors (Lipinski definition) is 3. The molecule has 86 valence electrons. The molecule has 0 aliphatic carbocycles. The monoisotopic (exact) mass is 249 g/mol. The fraction of sp³-hybridized carbons (Fsp3) is 0.222. The van der Waals surface area contributed by atoms with Crippen molar-refractivity contribution in [2.24, 2.45) is 5.73 Å². The first kappa shape index (κ1) is 11.0. The molecule has 2 rings (SSSR count). The number of hydrogen-bond donors (Lipinski definition) is 1. The molecule has 1 aliphatic rings. The molecule has 0 bridgehead atoms. The number of nitrogens with two attached hydrogens (primary N) is 1. The van der Waals surface area contributed by atoms with Crippen LogP contribution in [0.2, 0.25) is 0 Å². The van der Waals surface area contributed by atoms with Gasteiger partial charge in [-0.05, 0) is 6.08 Å². The van der Waals surface area contributed by atoms with Crippen molar-refractivity contribution in [1.82, 2.24) is 0 Å². The Labute approximate surface area is 92.3 Å². The highest BCUT2D eigenvalue weighted by Gasteiger charge is 2.40. The number of thiophene rings is 1. The van der Waals surface area contributed by atoms with E-state index in [0.29, 0.717) is 22.6 Å². The largest absolute Gasteiger partial charge is 0.463 e. The molecule has 3 nitrogen and oxygen atoms in total. The third kappa shape index (κ3) is 1.67. The Morgan fingerprint density at radius 2 is 2.19 bits per heavy atom. The van der Waals surface area contributed by atoms with Gasteiger partial charge in [0.1, 0.15) is 10.4 Å². The summed E-state index contributed by atoms with van der Waals surface area (Å²) in [6.45, 7) is 0. The molecule has 0 fully saturated rings. The zero-order valence-electron chi connectivity index (χ0n) is 7.80. The van der Waals surface area contributed by atoms with Gasteiger partial charge < -0.3 is 10.5 Å². The van der Waals surface area contributed by atoms with Crippen molar-refractivity contribution in [2.45, 2.75) is 12.6 Å². The number of fused-ring (bicyclic) bond motifs is 1. The van der Waals surface area contributed by atoms with E-state index in [1.807, 2.05) is 0 Å². The Kier molecular flexibility index (Phi) is 2.42. The number of carbonyl (C=O) groups excluding carboxylic acids is 1. The smallest absolute Gasteiger partial charge is 0.426 e. The van der Waals surface area contributed by atoms with E-state index in [1.165, 1.54) is 6.26 Å². The zero-order valence-corrected chi connectivity index (χ0v) is 8.61. The van der Waals surface area contributed by atoms with Gasteiger partial charge in [-0.1, -0.05) is 0 Å². The fourth-order valence-corrected chi connectivity index (χ4v) is 2.50. The maximum Gasteiger partial charge on any atom is 0.426 e. The summed E-state index contributed by atoms with van der Waals surface area (Å²) in [7, 11) is 0. The van der Waals surface area contributed by atoms with E-state index in [4.69, 9.17) is 10.5 Å². The topological polar surface area (TPSA) is 52.3 Å². The first-order valence-corrected chi connectivity index (χ1v) is 5.07. The third-order valence-electron chi connectivity index (χ3n) is 2.02.